The smallest absolute Gasteiger partial charge is 0.407 e. The van der Waals surface area contributed by atoms with Gasteiger partial charge in [0.05, 0.1) is 11.2 Å². The van der Waals surface area contributed by atoms with E-state index in [1.165, 1.54) is 16.6 Å². The Kier molecular flexibility index (Phi) is 4.84. The average Bonchev–Trinajstić information content (AvgIpc) is 2.54. The number of hydrogen-bond acceptors (Lipinski definition) is 4. The molecule has 1 N–H and O–H groups in total. The van der Waals surface area contributed by atoms with Crippen LogP contribution in [0.2, 0.25) is 0 Å². The van der Waals surface area contributed by atoms with E-state index >= 15 is 0 Å². The van der Waals surface area contributed by atoms with Gasteiger partial charge in [-0.1, -0.05) is 18.2 Å². The molecule has 0 saturated carbocycles. The van der Waals surface area contributed by atoms with Crippen LogP contribution in [0.5, 0.6) is 0 Å². The number of fused-ring (bicyclic) bond motifs is 1. The molecule has 0 bridgehead atoms. The summed E-state index contributed by atoms with van der Waals surface area (Å²) in [7, 11) is 0. The number of anilines is 1. The largest absolute Gasteiger partial charge is 0.444 e. The van der Waals surface area contributed by atoms with Gasteiger partial charge in [-0.3, -0.25) is 4.98 Å². The molecule has 0 atom stereocenters. The van der Waals surface area contributed by atoms with Crippen molar-refractivity contribution in [3.63, 3.8) is 0 Å². The number of nitrogens with zero attached hydrogens (tertiary/aromatic N) is 2. The first-order valence-electron chi connectivity index (χ1n) is 8.92. The highest BCUT2D eigenvalue weighted by Crippen LogP contribution is 2.31. The zero-order valence-corrected chi connectivity index (χ0v) is 15.5. The number of ether oxygens (including phenoxy) is 1. The number of benzene rings is 1. The Morgan fingerprint density at radius 1 is 1.24 bits per heavy atom. The first-order chi connectivity index (χ1) is 11.8. The van der Waals surface area contributed by atoms with Crippen molar-refractivity contribution >= 4 is 22.7 Å². The third-order valence-electron chi connectivity index (χ3n) is 4.46. The Hall–Kier alpha value is -2.30. The maximum absolute atomic E-state index is 12.0. The first-order valence-corrected chi connectivity index (χ1v) is 8.92. The minimum Gasteiger partial charge on any atom is -0.444 e. The summed E-state index contributed by atoms with van der Waals surface area (Å²) in [4.78, 5) is 18.9. The topological polar surface area (TPSA) is 54.5 Å². The van der Waals surface area contributed by atoms with Gasteiger partial charge in [-0.2, -0.15) is 0 Å². The van der Waals surface area contributed by atoms with Crippen LogP contribution in [-0.2, 0) is 4.74 Å². The molecule has 3 rings (SSSR count). The third-order valence-corrected chi connectivity index (χ3v) is 4.46. The van der Waals surface area contributed by atoms with E-state index < -0.39 is 5.60 Å². The molecular weight excluding hydrogens is 314 g/mol. The van der Waals surface area contributed by atoms with Crippen molar-refractivity contribution in [1.29, 1.82) is 0 Å². The van der Waals surface area contributed by atoms with Gasteiger partial charge in [0.1, 0.15) is 5.60 Å². The molecule has 2 heterocycles. The van der Waals surface area contributed by atoms with Crippen LogP contribution in [-0.4, -0.2) is 35.8 Å². The van der Waals surface area contributed by atoms with Gasteiger partial charge < -0.3 is 15.0 Å². The van der Waals surface area contributed by atoms with Crippen LogP contribution in [0.15, 0.2) is 30.5 Å². The SMILES string of the molecule is Cc1cnc2ccccc2c1N1CCC(NC(=O)OC(C)(C)C)CC1. The van der Waals surface area contributed by atoms with Gasteiger partial charge in [0.2, 0.25) is 0 Å². The molecule has 0 unspecified atom stereocenters. The maximum atomic E-state index is 12.0. The highest BCUT2D eigenvalue weighted by atomic mass is 16.6. The number of piperidine rings is 1. The summed E-state index contributed by atoms with van der Waals surface area (Å²) in [6, 6.07) is 8.43. The number of rotatable bonds is 2. The van der Waals surface area contributed by atoms with Gasteiger partial charge >= 0.3 is 6.09 Å². The van der Waals surface area contributed by atoms with Crippen molar-refractivity contribution in [2.45, 2.75) is 52.2 Å². The summed E-state index contributed by atoms with van der Waals surface area (Å²) < 4.78 is 5.36. The summed E-state index contributed by atoms with van der Waals surface area (Å²) in [5.74, 6) is 0. The van der Waals surface area contributed by atoms with E-state index in [0.29, 0.717) is 0 Å². The summed E-state index contributed by atoms with van der Waals surface area (Å²) >= 11 is 0. The first kappa shape index (κ1) is 17.5. The van der Waals surface area contributed by atoms with Crippen molar-refractivity contribution in [2.24, 2.45) is 0 Å². The van der Waals surface area contributed by atoms with E-state index in [0.717, 1.165) is 31.4 Å². The van der Waals surface area contributed by atoms with Crippen molar-refractivity contribution in [3.05, 3.63) is 36.0 Å². The van der Waals surface area contributed by atoms with Crippen LogP contribution in [0.1, 0.15) is 39.2 Å². The monoisotopic (exact) mass is 341 g/mol. The second kappa shape index (κ2) is 6.90. The lowest BCUT2D eigenvalue weighted by Gasteiger charge is -2.35. The Morgan fingerprint density at radius 3 is 2.60 bits per heavy atom. The lowest BCUT2D eigenvalue weighted by molar-refractivity contribution is 0.0497. The number of carbonyl (C=O) groups is 1. The molecule has 1 aromatic heterocycles. The van der Waals surface area contributed by atoms with Crippen molar-refractivity contribution in [1.82, 2.24) is 10.3 Å². The summed E-state index contributed by atoms with van der Waals surface area (Å²) in [5.41, 5.74) is 3.02. The van der Waals surface area contributed by atoms with Crippen LogP contribution in [0.25, 0.3) is 10.9 Å². The zero-order valence-electron chi connectivity index (χ0n) is 15.5. The molecule has 0 spiro atoms. The number of amides is 1. The van der Waals surface area contributed by atoms with E-state index in [1.807, 2.05) is 33.0 Å². The van der Waals surface area contributed by atoms with Gasteiger partial charge in [0, 0.05) is 30.7 Å². The molecule has 1 fully saturated rings. The van der Waals surface area contributed by atoms with E-state index in [4.69, 9.17) is 4.74 Å². The highest BCUT2D eigenvalue weighted by Gasteiger charge is 2.25. The van der Waals surface area contributed by atoms with Crippen LogP contribution < -0.4 is 10.2 Å². The standard InChI is InChI=1S/C20H27N3O2/c1-14-13-21-17-8-6-5-7-16(17)18(14)23-11-9-15(10-12-23)22-19(24)25-20(2,3)4/h5-8,13,15H,9-12H2,1-4H3,(H,22,24). The number of pyridine rings is 1. The Labute approximate surface area is 149 Å². The molecule has 2 aromatic rings. The summed E-state index contributed by atoms with van der Waals surface area (Å²) in [6.45, 7) is 9.58. The van der Waals surface area contributed by atoms with Crippen LogP contribution >= 0.6 is 0 Å². The molecule has 1 aliphatic rings. The minimum absolute atomic E-state index is 0.166. The quantitative estimate of drug-likeness (QED) is 0.896. The Balaban J connectivity index is 1.67. The van der Waals surface area contributed by atoms with Gasteiger partial charge in [0.15, 0.2) is 0 Å². The fourth-order valence-electron chi connectivity index (χ4n) is 3.37. The van der Waals surface area contributed by atoms with Gasteiger partial charge in [-0.25, -0.2) is 4.79 Å². The lowest BCUT2D eigenvalue weighted by atomic mass is 10.0. The van der Waals surface area contributed by atoms with Gasteiger partial charge in [-0.05, 0) is 52.2 Å². The second-order valence-electron chi connectivity index (χ2n) is 7.71. The number of para-hydroxylation sites is 1. The van der Waals surface area contributed by atoms with Crippen LogP contribution in [0, 0.1) is 6.92 Å². The predicted molar refractivity (Wildman–Crippen MR) is 101 cm³/mol. The fourth-order valence-corrected chi connectivity index (χ4v) is 3.37. The molecule has 5 heteroatoms. The molecule has 1 amide bonds. The maximum Gasteiger partial charge on any atom is 0.407 e. The van der Waals surface area contributed by atoms with Gasteiger partial charge in [0.25, 0.3) is 0 Å². The van der Waals surface area contributed by atoms with Crippen LogP contribution in [0.4, 0.5) is 10.5 Å². The Bertz CT molecular complexity index is 759. The number of alkyl carbamates (subject to hydrolysis) is 1. The number of aromatic nitrogens is 1. The third kappa shape index (κ3) is 4.21. The molecule has 134 valence electrons. The normalized spacial score (nSPS) is 16.1. The highest BCUT2D eigenvalue weighted by molar-refractivity contribution is 5.93. The molecule has 1 aliphatic heterocycles. The van der Waals surface area contributed by atoms with E-state index in [9.17, 15) is 4.79 Å². The summed E-state index contributed by atoms with van der Waals surface area (Å²) in [6.07, 6.45) is 3.45. The second-order valence-corrected chi connectivity index (χ2v) is 7.71. The molecule has 1 saturated heterocycles. The predicted octanol–water partition coefficient (Wildman–Crippen LogP) is 4.04. The Morgan fingerprint density at radius 2 is 1.92 bits per heavy atom. The van der Waals surface area contributed by atoms with Crippen LogP contribution in [0.3, 0.4) is 0 Å². The molecular formula is C20H27N3O2. The fraction of sp³-hybridized carbons (Fsp3) is 0.500. The van der Waals surface area contributed by atoms with Crippen molar-refractivity contribution < 1.29 is 9.53 Å². The molecule has 0 aliphatic carbocycles. The number of aryl methyl sites for hydroxylation is 1. The number of hydrogen-bond donors (Lipinski definition) is 1. The van der Waals surface area contributed by atoms with E-state index in [1.54, 1.807) is 0 Å². The average molecular weight is 341 g/mol. The minimum atomic E-state index is -0.460. The van der Waals surface area contributed by atoms with E-state index in [-0.39, 0.29) is 12.1 Å². The number of carbonyl (C=O) groups excluding carboxylic acids is 1. The molecule has 0 radical (unpaired) electrons. The zero-order chi connectivity index (χ0) is 18.0. The molecule has 1 aromatic carbocycles. The molecule has 5 nitrogen and oxygen atoms in total. The molecule has 25 heavy (non-hydrogen) atoms. The van der Waals surface area contributed by atoms with Crippen molar-refractivity contribution in [2.75, 3.05) is 18.0 Å². The lowest BCUT2D eigenvalue weighted by Crippen LogP contribution is -2.46. The summed E-state index contributed by atoms with van der Waals surface area (Å²) in [5, 5.41) is 4.19. The van der Waals surface area contributed by atoms with Crippen molar-refractivity contribution in [3.8, 4) is 0 Å². The van der Waals surface area contributed by atoms with Gasteiger partial charge in [-0.15, -0.1) is 0 Å². The van der Waals surface area contributed by atoms with E-state index in [2.05, 4.69) is 40.3 Å². The number of nitrogens with one attached hydrogen (secondary N) is 1.